The van der Waals surface area contributed by atoms with E-state index in [4.69, 9.17) is 16.7 Å². The minimum atomic E-state index is -0.990. The molecule has 1 saturated carbocycles. The molecule has 0 aromatic heterocycles. The summed E-state index contributed by atoms with van der Waals surface area (Å²) < 4.78 is 0. The van der Waals surface area contributed by atoms with Gasteiger partial charge in [0.15, 0.2) is 0 Å². The van der Waals surface area contributed by atoms with E-state index in [0.717, 1.165) is 24.1 Å². The summed E-state index contributed by atoms with van der Waals surface area (Å²) in [6, 6.07) is 5.00. The van der Waals surface area contributed by atoms with Crippen LogP contribution in [0.2, 0.25) is 5.02 Å². The van der Waals surface area contributed by atoms with Crippen LogP contribution < -0.4 is 5.32 Å². The minimum Gasteiger partial charge on any atom is -0.478 e. The number of anilines is 1. The van der Waals surface area contributed by atoms with E-state index in [1.807, 2.05) is 0 Å². The highest BCUT2D eigenvalue weighted by Gasteiger charge is 2.20. The molecular formula is C14H18ClNO2. The van der Waals surface area contributed by atoms with E-state index in [9.17, 15) is 4.79 Å². The average Bonchev–Trinajstić information content (AvgIpc) is 2.72. The van der Waals surface area contributed by atoms with Crippen LogP contribution in [-0.4, -0.2) is 17.6 Å². The second kappa shape index (κ2) is 5.61. The smallest absolute Gasteiger partial charge is 0.337 e. The molecule has 0 heterocycles. The van der Waals surface area contributed by atoms with Crippen molar-refractivity contribution >= 4 is 23.3 Å². The largest absolute Gasteiger partial charge is 0.478 e. The fourth-order valence-corrected chi connectivity index (χ4v) is 2.83. The highest BCUT2D eigenvalue weighted by molar-refractivity contribution is 6.33. The lowest BCUT2D eigenvalue weighted by Crippen LogP contribution is -2.11. The number of carboxylic acid groups (broad SMARTS) is 1. The van der Waals surface area contributed by atoms with Gasteiger partial charge in [-0.25, -0.2) is 4.79 Å². The summed E-state index contributed by atoms with van der Waals surface area (Å²) in [6.07, 6.45) is 3.86. The number of rotatable bonds is 4. The third-order valence-corrected chi connectivity index (χ3v) is 3.91. The van der Waals surface area contributed by atoms with Crippen molar-refractivity contribution in [2.75, 3.05) is 11.9 Å². The second-order valence-electron chi connectivity index (χ2n) is 5.16. The summed E-state index contributed by atoms with van der Waals surface area (Å²) >= 11 is 5.92. The van der Waals surface area contributed by atoms with Gasteiger partial charge in [0.1, 0.15) is 0 Å². The number of halogens is 1. The SMILES string of the molecule is CC1CCC(CNc2ccc(C(=O)O)c(Cl)c2)C1. The van der Waals surface area contributed by atoms with Gasteiger partial charge in [-0.15, -0.1) is 0 Å². The number of carbonyl (C=O) groups is 1. The van der Waals surface area contributed by atoms with Crippen LogP contribution in [0.4, 0.5) is 5.69 Å². The van der Waals surface area contributed by atoms with Crippen molar-refractivity contribution in [1.82, 2.24) is 0 Å². The normalized spacial score (nSPS) is 23.0. The van der Waals surface area contributed by atoms with E-state index in [2.05, 4.69) is 12.2 Å². The molecule has 1 aliphatic carbocycles. The first-order chi connectivity index (χ1) is 8.56. The summed E-state index contributed by atoms with van der Waals surface area (Å²) in [5.41, 5.74) is 1.04. The maximum atomic E-state index is 10.8. The zero-order valence-corrected chi connectivity index (χ0v) is 11.2. The van der Waals surface area contributed by atoms with Crippen LogP contribution in [0.5, 0.6) is 0 Å². The molecular weight excluding hydrogens is 250 g/mol. The lowest BCUT2D eigenvalue weighted by atomic mass is 10.1. The molecule has 0 spiro atoms. The van der Waals surface area contributed by atoms with Crippen molar-refractivity contribution in [3.8, 4) is 0 Å². The Hall–Kier alpha value is -1.22. The Bertz CT molecular complexity index is 447. The van der Waals surface area contributed by atoms with Gasteiger partial charge in [-0.05, 0) is 42.9 Å². The Morgan fingerprint density at radius 2 is 2.28 bits per heavy atom. The molecule has 4 heteroatoms. The molecule has 0 bridgehead atoms. The standard InChI is InChI=1S/C14H18ClNO2/c1-9-2-3-10(6-9)8-16-11-4-5-12(14(17)18)13(15)7-11/h4-5,7,9-10,16H,2-3,6,8H2,1H3,(H,17,18). The first kappa shape index (κ1) is 13.2. The van der Waals surface area contributed by atoms with E-state index in [-0.39, 0.29) is 10.6 Å². The van der Waals surface area contributed by atoms with Crippen molar-refractivity contribution in [2.24, 2.45) is 11.8 Å². The number of nitrogens with one attached hydrogen (secondary N) is 1. The van der Waals surface area contributed by atoms with Crippen LogP contribution in [0.15, 0.2) is 18.2 Å². The first-order valence-corrected chi connectivity index (χ1v) is 6.70. The fourth-order valence-electron chi connectivity index (χ4n) is 2.57. The van der Waals surface area contributed by atoms with Gasteiger partial charge in [0.25, 0.3) is 0 Å². The second-order valence-corrected chi connectivity index (χ2v) is 5.57. The summed E-state index contributed by atoms with van der Waals surface area (Å²) in [5, 5.41) is 12.5. The molecule has 3 nitrogen and oxygen atoms in total. The van der Waals surface area contributed by atoms with Crippen LogP contribution in [0, 0.1) is 11.8 Å². The first-order valence-electron chi connectivity index (χ1n) is 6.33. The highest BCUT2D eigenvalue weighted by Crippen LogP contribution is 2.30. The molecule has 1 aromatic rings. The van der Waals surface area contributed by atoms with E-state index in [1.165, 1.54) is 19.3 Å². The van der Waals surface area contributed by atoms with Gasteiger partial charge in [0, 0.05) is 12.2 Å². The number of hydrogen-bond donors (Lipinski definition) is 2. The zero-order valence-electron chi connectivity index (χ0n) is 10.4. The molecule has 18 heavy (non-hydrogen) atoms. The maximum Gasteiger partial charge on any atom is 0.337 e. The molecule has 0 radical (unpaired) electrons. The third-order valence-electron chi connectivity index (χ3n) is 3.60. The van der Waals surface area contributed by atoms with E-state index < -0.39 is 5.97 Å². The summed E-state index contributed by atoms with van der Waals surface area (Å²) in [7, 11) is 0. The van der Waals surface area contributed by atoms with E-state index in [0.29, 0.717) is 0 Å². The number of hydrogen-bond acceptors (Lipinski definition) is 2. The molecule has 1 aliphatic rings. The number of benzene rings is 1. The van der Waals surface area contributed by atoms with Crippen molar-refractivity contribution in [3.05, 3.63) is 28.8 Å². The molecule has 98 valence electrons. The van der Waals surface area contributed by atoms with Crippen LogP contribution in [0.3, 0.4) is 0 Å². The Morgan fingerprint density at radius 3 is 2.83 bits per heavy atom. The zero-order chi connectivity index (χ0) is 13.1. The number of aromatic carboxylic acids is 1. The fraction of sp³-hybridized carbons (Fsp3) is 0.500. The molecule has 2 atom stereocenters. The van der Waals surface area contributed by atoms with E-state index >= 15 is 0 Å². The summed E-state index contributed by atoms with van der Waals surface area (Å²) in [5.74, 6) is 0.559. The number of carboxylic acids is 1. The monoisotopic (exact) mass is 267 g/mol. The van der Waals surface area contributed by atoms with Crippen molar-refractivity contribution < 1.29 is 9.90 Å². The summed E-state index contributed by atoms with van der Waals surface area (Å²) in [6.45, 7) is 3.23. The molecule has 0 saturated heterocycles. The van der Waals surface area contributed by atoms with Crippen LogP contribution in [-0.2, 0) is 0 Å². The lowest BCUT2D eigenvalue weighted by Gasteiger charge is -2.13. The van der Waals surface area contributed by atoms with Gasteiger partial charge in [-0.1, -0.05) is 24.9 Å². The lowest BCUT2D eigenvalue weighted by molar-refractivity contribution is 0.0697. The quantitative estimate of drug-likeness (QED) is 0.870. The predicted octanol–water partition coefficient (Wildman–Crippen LogP) is 3.89. The predicted molar refractivity (Wildman–Crippen MR) is 73.4 cm³/mol. The third kappa shape index (κ3) is 3.16. The molecule has 2 rings (SSSR count). The van der Waals surface area contributed by atoms with Gasteiger partial charge >= 0.3 is 5.97 Å². The van der Waals surface area contributed by atoms with Gasteiger partial charge in [0.2, 0.25) is 0 Å². The average molecular weight is 268 g/mol. The Labute approximate surface area is 112 Å². The summed E-state index contributed by atoms with van der Waals surface area (Å²) in [4.78, 5) is 10.8. The van der Waals surface area contributed by atoms with Crippen molar-refractivity contribution in [1.29, 1.82) is 0 Å². The maximum absolute atomic E-state index is 10.8. The Morgan fingerprint density at radius 1 is 1.50 bits per heavy atom. The minimum absolute atomic E-state index is 0.150. The Balaban J connectivity index is 1.94. The van der Waals surface area contributed by atoms with Crippen molar-refractivity contribution in [2.45, 2.75) is 26.2 Å². The molecule has 0 aliphatic heterocycles. The van der Waals surface area contributed by atoms with Gasteiger partial charge < -0.3 is 10.4 Å². The molecule has 1 fully saturated rings. The topological polar surface area (TPSA) is 49.3 Å². The Kier molecular flexibility index (Phi) is 4.12. The van der Waals surface area contributed by atoms with E-state index in [1.54, 1.807) is 18.2 Å². The van der Waals surface area contributed by atoms with Gasteiger partial charge in [-0.3, -0.25) is 0 Å². The molecule has 2 unspecified atom stereocenters. The molecule has 0 amide bonds. The van der Waals surface area contributed by atoms with Crippen LogP contribution in [0.1, 0.15) is 36.5 Å². The molecule has 1 aromatic carbocycles. The van der Waals surface area contributed by atoms with Crippen molar-refractivity contribution in [3.63, 3.8) is 0 Å². The molecule has 2 N–H and O–H groups in total. The van der Waals surface area contributed by atoms with Crippen LogP contribution in [0.25, 0.3) is 0 Å². The van der Waals surface area contributed by atoms with Crippen LogP contribution >= 0.6 is 11.6 Å². The van der Waals surface area contributed by atoms with Gasteiger partial charge in [-0.2, -0.15) is 0 Å². The highest BCUT2D eigenvalue weighted by atomic mass is 35.5. The van der Waals surface area contributed by atoms with Gasteiger partial charge in [0.05, 0.1) is 10.6 Å².